The van der Waals surface area contributed by atoms with Crippen LogP contribution in [0.15, 0.2) is 102 Å². The highest BCUT2D eigenvalue weighted by Crippen LogP contribution is 2.33. The van der Waals surface area contributed by atoms with Crippen LogP contribution in [-0.4, -0.2) is 43.8 Å². The van der Waals surface area contributed by atoms with Gasteiger partial charge in [0, 0.05) is 34.1 Å². The highest BCUT2D eigenvalue weighted by atomic mass is 35.5. The highest BCUT2D eigenvalue weighted by molar-refractivity contribution is 7.92. The minimum atomic E-state index is -4.33. The largest absolute Gasteiger partial charge is 0.352 e. The molecule has 1 atom stereocenters. The topological polar surface area (TPSA) is 86.8 Å². The lowest BCUT2D eigenvalue weighted by Gasteiger charge is -2.34. The number of anilines is 1. The molecule has 0 aliphatic rings. The number of carbonyl (C=O) groups is 2. The molecular formula is C33H31Cl4N3O4S. The van der Waals surface area contributed by atoms with Crippen LogP contribution in [0.4, 0.5) is 5.69 Å². The Morgan fingerprint density at radius 2 is 1.38 bits per heavy atom. The first-order valence-corrected chi connectivity index (χ1v) is 16.9. The van der Waals surface area contributed by atoms with E-state index in [2.05, 4.69) is 5.32 Å². The number of benzene rings is 4. The Morgan fingerprint density at radius 3 is 2.00 bits per heavy atom. The minimum absolute atomic E-state index is 0.0112. The van der Waals surface area contributed by atoms with Gasteiger partial charge in [-0.2, -0.15) is 0 Å². The first-order valence-electron chi connectivity index (χ1n) is 14.0. The molecule has 0 saturated heterocycles. The zero-order valence-corrected chi connectivity index (χ0v) is 28.3. The molecular weight excluding hydrogens is 676 g/mol. The van der Waals surface area contributed by atoms with Gasteiger partial charge in [0.25, 0.3) is 10.0 Å². The maximum Gasteiger partial charge on any atom is 0.264 e. The molecule has 0 bridgehead atoms. The Morgan fingerprint density at radius 1 is 0.778 bits per heavy atom. The van der Waals surface area contributed by atoms with Crippen molar-refractivity contribution in [3.63, 3.8) is 0 Å². The second-order valence-electron chi connectivity index (χ2n) is 10.5. The summed E-state index contributed by atoms with van der Waals surface area (Å²) in [4.78, 5) is 29.6. The quantitative estimate of drug-likeness (QED) is 0.164. The number of nitrogens with zero attached hydrogens (tertiary/aromatic N) is 2. The summed E-state index contributed by atoms with van der Waals surface area (Å²) in [7, 11) is -4.33. The Kier molecular flexibility index (Phi) is 11.8. The third-order valence-corrected chi connectivity index (χ3v) is 9.76. The number of nitrogens with one attached hydrogen (secondary N) is 1. The van der Waals surface area contributed by atoms with Crippen LogP contribution >= 0.6 is 46.4 Å². The van der Waals surface area contributed by atoms with E-state index >= 15 is 0 Å². The molecule has 4 aromatic carbocycles. The smallest absolute Gasteiger partial charge is 0.264 e. The molecule has 1 N–H and O–H groups in total. The van der Waals surface area contributed by atoms with E-state index in [9.17, 15) is 18.0 Å². The molecule has 0 fully saturated rings. The van der Waals surface area contributed by atoms with Crippen LogP contribution in [0.5, 0.6) is 0 Å². The zero-order chi connectivity index (χ0) is 32.7. The molecule has 12 heteroatoms. The summed E-state index contributed by atoms with van der Waals surface area (Å²) in [6.07, 6.45) is 0.152. The van der Waals surface area contributed by atoms with Crippen molar-refractivity contribution in [1.82, 2.24) is 10.2 Å². The SMILES string of the molecule is CC(C)NC(=O)[C@@H](Cc1ccccc1)N(Cc1ccc(Cl)cc1Cl)C(=O)CN(c1cc(Cl)ccc1Cl)S(=O)(=O)c1ccccc1. The molecule has 2 amide bonds. The summed E-state index contributed by atoms with van der Waals surface area (Å²) in [5, 5.41) is 3.88. The molecule has 0 spiro atoms. The molecule has 236 valence electrons. The first kappa shape index (κ1) is 34.6. The molecule has 0 radical (unpaired) electrons. The molecule has 0 unspecified atom stereocenters. The number of halogens is 4. The molecule has 4 rings (SSSR count). The number of hydrogen-bond acceptors (Lipinski definition) is 4. The Labute approximate surface area is 283 Å². The standard InChI is InChI=1S/C33H31Cl4N3O4S/c1-22(2)38-33(42)31(17-23-9-5-3-6-10-23)39(20-24-13-14-25(34)18-29(24)37)32(41)21-40(30-19-26(35)15-16-28(30)36)45(43,44)27-11-7-4-8-12-27/h3-16,18-19,22,31H,17,20-21H2,1-2H3,(H,38,42)/t31-/m1/s1. The molecule has 0 saturated carbocycles. The van der Waals surface area contributed by atoms with Gasteiger partial charge in [0.15, 0.2) is 0 Å². The van der Waals surface area contributed by atoms with Crippen LogP contribution in [0.25, 0.3) is 0 Å². The summed E-state index contributed by atoms with van der Waals surface area (Å²) >= 11 is 25.5. The summed E-state index contributed by atoms with van der Waals surface area (Å²) in [6.45, 7) is 2.83. The summed E-state index contributed by atoms with van der Waals surface area (Å²) in [5.74, 6) is -1.08. The second kappa shape index (κ2) is 15.3. The van der Waals surface area contributed by atoms with Gasteiger partial charge >= 0.3 is 0 Å². The second-order valence-corrected chi connectivity index (χ2v) is 14.1. The van der Waals surface area contributed by atoms with Crippen LogP contribution in [0.1, 0.15) is 25.0 Å². The third kappa shape index (κ3) is 8.93. The van der Waals surface area contributed by atoms with Crippen LogP contribution in [-0.2, 0) is 32.6 Å². The van der Waals surface area contributed by atoms with Crippen LogP contribution in [0, 0.1) is 0 Å². The first-order chi connectivity index (χ1) is 21.4. The van der Waals surface area contributed by atoms with Crippen LogP contribution < -0.4 is 9.62 Å². The molecule has 7 nitrogen and oxygen atoms in total. The molecule has 0 aliphatic heterocycles. The van der Waals surface area contributed by atoms with Gasteiger partial charge in [0.1, 0.15) is 12.6 Å². The predicted molar refractivity (Wildman–Crippen MR) is 182 cm³/mol. The fourth-order valence-electron chi connectivity index (χ4n) is 4.68. The normalized spacial score (nSPS) is 12.1. The van der Waals surface area contributed by atoms with Crippen molar-refractivity contribution in [2.45, 2.75) is 43.8 Å². The Hall–Kier alpha value is -3.27. The number of rotatable bonds is 12. The highest BCUT2D eigenvalue weighted by Gasteiger charge is 2.35. The van der Waals surface area contributed by atoms with Crippen molar-refractivity contribution in [2.24, 2.45) is 0 Å². The van der Waals surface area contributed by atoms with E-state index in [1.807, 2.05) is 44.2 Å². The maximum absolute atomic E-state index is 14.5. The van der Waals surface area contributed by atoms with Gasteiger partial charge in [-0.1, -0.05) is 101 Å². The van der Waals surface area contributed by atoms with Crippen LogP contribution in [0.3, 0.4) is 0 Å². The third-order valence-electron chi connectivity index (χ3n) is 6.84. The summed E-state index contributed by atoms with van der Waals surface area (Å²) < 4.78 is 29.1. The number of hydrogen-bond donors (Lipinski definition) is 1. The van der Waals surface area contributed by atoms with Gasteiger partial charge in [0.05, 0.1) is 15.6 Å². The van der Waals surface area contributed by atoms with Crippen molar-refractivity contribution in [1.29, 1.82) is 0 Å². The van der Waals surface area contributed by atoms with Gasteiger partial charge < -0.3 is 10.2 Å². The average molecular weight is 708 g/mol. The van der Waals surface area contributed by atoms with E-state index in [-0.39, 0.29) is 44.7 Å². The van der Waals surface area contributed by atoms with Gasteiger partial charge in [-0.15, -0.1) is 0 Å². The van der Waals surface area contributed by atoms with Crippen molar-refractivity contribution < 1.29 is 18.0 Å². The molecule has 4 aromatic rings. The maximum atomic E-state index is 14.5. The van der Waals surface area contributed by atoms with E-state index in [1.54, 1.807) is 36.4 Å². The van der Waals surface area contributed by atoms with Gasteiger partial charge in [-0.05, 0) is 67.4 Å². The molecule has 0 heterocycles. The minimum Gasteiger partial charge on any atom is -0.352 e. The van der Waals surface area contributed by atoms with Crippen molar-refractivity contribution in [3.05, 3.63) is 128 Å². The molecule has 0 aliphatic carbocycles. The van der Waals surface area contributed by atoms with E-state index in [0.717, 1.165) is 9.87 Å². The number of sulfonamides is 1. The van der Waals surface area contributed by atoms with E-state index < -0.39 is 34.4 Å². The number of amides is 2. The predicted octanol–water partition coefficient (Wildman–Crippen LogP) is 7.66. The molecule has 0 aromatic heterocycles. The van der Waals surface area contributed by atoms with Crippen molar-refractivity contribution in [3.8, 4) is 0 Å². The monoisotopic (exact) mass is 705 g/mol. The van der Waals surface area contributed by atoms with Crippen molar-refractivity contribution >= 4 is 73.9 Å². The Balaban J connectivity index is 1.85. The van der Waals surface area contributed by atoms with E-state index in [0.29, 0.717) is 10.6 Å². The Bertz CT molecular complexity index is 1760. The van der Waals surface area contributed by atoms with Gasteiger partial charge in [-0.3, -0.25) is 13.9 Å². The van der Waals surface area contributed by atoms with Crippen molar-refractivity contribution in [2.75, 3.05) is 10.8 Å². The fourth-order valence-corrected chi connectivity index (χ4v) is 7.03. The van der Waals surface area contributed by atoms with E-state index in [1.165, 1.54) is 35.2 Å². The number of carbonyl (C=O) groups excluding carboxylic acids is 2. The summed E-state index contributed by atoms with van der Waals surface area (Å²) in [6, 6.07) is 24.8. The average Bonchev–Trinajstić information content (AvgIpc) is 3.00. The zero-order valence-electron chi connectivity index (χ0n) is 24.5. The lowest BCUT2D eigenvalue weighted by molar-refractivity contribution is -0.140. The summed E-state index contributed by atoms with van der Waals surface area (Å²) in [5.41, 5.74) is 1.33. The lowest BCUT2D eigenvalue weighted by atomic mass is 10.0. The molecule has 45 heavy (non-hydrogen) atoms. The lowest BCUT2D eigenvalue weighted by Crippen LogP contribution is -2.54. The fraction of sp³-hybridized carbons (Fsp3) is 0.212. The van der Waals surface area contributed by atoms with Gasteiger partial charge in [-0.25, -0.2) is 8.42 Å². The van der Waals surface area contributed by atoms with Crippen LogP contribution in [0.2, 0.25) is 20.1 Å². The van der Waals surface area contributed by atoms with E-state index in [4.69, 9.17) is 46.4 Å². The van der Waals surface area contributed by atoms with Gasteiger partial charge in [0.2, 0.25) is 11.8 Å².